The molecule has 3 aromatic rings. The number of benzene rings is 1. The average Bonchev–Trinajstić information content (AvgIpc) is 3.16. The summed E-state index contributed by atoms with van der Waals surface area (Å²) in [5, 5.41) is 10.3. The maximum atomic E-state index is 12.8. The molecule has 0 saturated carbocycles. The van der Waals surface area contributed by atoms with Gasteiger partial charge in [-0.3, -0.25) is 14.2 Å². The van der Waals surface area contributed by atoms with Gasteiger partial charge in [-0.1, -0.05) is 24.3 Å². The molecule has 0 saturated heterocycles. The van der Waals surface area contributed by atoms with Crippen molar-refractivity contribution in [3.63, 3.8) is 0 Å². The zero-order valence-electron chi connectivity index (χ0n) is 14.1. The average molecular weight is 363 g/mol. The lowest BCUT2D eigenvalue weighted by Crippen LogP contribution is -2.14. The molecule has 2 aromatic heterocycles. The predicted octanol–water partition coefficient (Wildman–Crippen LogP) is 3.24. The van der Waals surface area contributed by atoms with Gasteiger partial charge in [0.25, 0.3) is 5.91 Å². The molecular formula is C17H16F3N5O. The Morgan fingerprint density at radius 3 is 2.58 bits per heavy atom. The van der Waals surface area contributed by atoms with Crippen LogP contribution in [0.2, 0.25) is 0 Å². The van der Waals surface area contributed by atoms with E-state index in [1.807, 2.05) is 31.2 Å². The van der Waals surface area contributed by atoms with Crippen LogP contribution in [-0.4, -0.2) is 25.5 Å². The SMILES string of the molecule is Cc1ccccc1Cn1ccc(NC(=O)c2cc(C(F)(F)F)n(C)n2)n1. The number of aromatic nitrogens is 4. The third kappa shape index (κ3) is 3.76. The summed E-state index contributed by atoms with van der Waals surface area (Å²) >= 11 is 0. The Hall–Kier alpha value is -3.10. The van der Waals surface area contributed by atoms with E-state index in [0.29, 0.717) is 17.3 Å². The fourth-order valence-corrected chi connectivity index (χ4v) is 2.50. The molecule has 0 radical (unpaired) electrons. The predicted molar refractivity (Wildman–Crippen MR) is 88.7 cm³/mol. The van der Waals surface area contributed by atoms with E-state index in [0.717, 1.165) is 18.2 Å². The molecule has 2 heterocycles. The molecule has 0 bridgehead atoms. The lowest BCUT2D eigenvalue weighted by Gasteiger charge is -2.05. The van der Waals surface area contributed by atoms with Gasteiger partial charge in [0.15, 0.2) is 11.5 Å². The van der Waals surface area contributed by atoms with Crippen molar-refractivity contribution in [3.05, 3.63) is 65.1 Å². The Morgan fingerprint density at radius 2 is 1.92 bits per heavy atom. The number of amides is 1. The number of nitrogens with zero attached hydrogens (tertiary/aromatic N) is 4. The van der Waals surface area contributed by atoms with Crippen molar-refractivity contribution in [3.8, 4) is 0 Å². The zero-order chi connectivity index (χ0) is 18.9. The fraction of sp³-hybridized carbons (Fsp3) is 0.235. The van der Waals surface area contributed by atoms with Gasteiger partial charge in [0.05, 0.1) is 6.54 Å². The van der Waals surface area contributed by atoms with Crippen molar-refractivity contribution in [2.75, 3.05) is 5.32 Å². The maximum Gasteiger partial charge on any atom is 0.433 e. The molecule has 0 atom stereocenters. The van der Waals surface area contributed by atoms with E-state index in [-0.39, 0.29) is 11.5 Å². The highest BCUT2D eigenvalue weighted by molar-refractivity contribution is 6.02. The maximum absolute atomic E-state index is 12.8. The smallest absolute Gasteiger partial charge is 0.304 e. The van der Waals surface area contributed by atoms with Gasteiger partial charge in [-0.15, -0.1) is 0 Å². The molecule has 0 aliphatic carbocycles. The summed E-state index contributed by atoms with van der Waals surface area (Å²) in [6.45, 7) is 2.51. The van der Waals surface area contributed by atoms with E-state index >= 15 is 0 Å². The van der Waals surface area contributed by atoms with Gasteiger partial charge in [0.2, 0.25) is 0 Å². The van der Waals surface area contributed by atoms with E-state index in [9.17, 15) is 18.0 Å². The molecule has 26 heavy (non-hydrogen) atoms. The van der Waals surface area contributed by atoms with Crippen molar-refractivity contribution in [1.29, 1.82) is 0 Å². The quantitative estimate of drug-likeness (QED) is 0.774. The summed E-state index contributed by atoms with van der Waals surface area (Å²) in [6.07, 6.45) is -2.89. The van der Waals surface area contributed by atoms with Crippen LogP contribution in [0.15, 0.2) is 42.6 Å². The minimum Gasteiger partial charge on any atom is -0.304 e. The summed E-state index contributed by atoms with van der Waals surface area (Å²) in [6, 6.07) is 10.1. The Morgan fingerprint density at radius 1 is 1.19 bits per heavy atom. The Balaban J connectivity index is 1.71. The first kappa shape index (κ1) is 17.7. The van der Waals surface area contributed by atoms with Crippen LogP contribution < -0.4 is 5.32 Å². The normalized spacial score (nSPS) is 11.6. The van der Waals surface area contributed by atoms with Crippen LogP contribution in [0.25, 0.3) is 0 Å². The largest absolute Gasteiger partial charge is 0.433 e. The summed E-state index contributed by atoms with van der Waals surface area (Å²) in [7, 11) is 1.14. The highest BCUT2D eigenvalue weighted by Gasteiger charge is 2.35. The molecule has 0 aliphatic heterocycles. The number of aryl methyl sites for hydroxylation is 2. The first-order chi connectivity index (χ1) is 12.2. The Labute approximate surface area is 147 Å². The second-order valence-electron chi connectivity index (χ2n) is 5.82. The van der Waals surface area contributed by atoms with Crippen LogP contribution in [0, 0.1) is 6.92 Å². The molecule has 6 nitrogen and oxygen atoms in total. The fourth-order valence-electron chi connectivity index (χ4n) is 2.50. The van der Waals surface area contributed by atoms with Crippen molar-refractivity contribution in [2.45, 2.75) is 19.6 Å². The molecule has 0 spiro atoms. The van der Waals surface area contributed by atoms with Crippen LogP contribution in [-0.2, 0) is 19.8 Å². The molecule has 3 rings (SSSR count). The minimum absolute atomic E-state index is 0.239. The molecular weight excluding hydrogens is 347 g/mol. The first-order valence-electron chi connectivity index (χ1n) is 7.74. The van der Waals surface area contributed by atoms with Crippen LogP contribution >= 0.6 is 0 Å². The molecule has 1 N–H and O–H groups in total. The van der Waals surface area contributed by atoms with Gasteiger partial charge in [0, 0.05) is 25.4 Å². The number of hydrogen-bond donors (Lipinski definition) is 1. The molecule has 0 fully saturated rings. The van der Waals surface area contributed by atoms with Gasteiger partial charge in [0.1, 0.15) is 5.69 Å². The second-order valence-corrected chi connectivity index (χ2v) is 5.82. The summed E-state index contributed by atoms with van der Waals surface area (Å²) in [5.74, 6) is -0.514. The van der Waals surface area contributed by atoms with Gasteiger partial charge < -0.3 is 5.32 Å². The van der Waals surface area contributed by atoms with Gasteiger partial charge in [-0.25, -0.2) is 0 Å². The van der Waals surface area contributed by atoms with Crippen molar-refractivity contribution < 1.29 is 18.0 Å². The monoisotopic (exact) mass is 363 g/mol. The number of carbonyl (C=O) groups is 1. The lowest BCUT2D eigenvalue weighted by molar-refractivity contribution is -0.143. The highest BCUT2D eigenvalue weighted by Crippen LogP contribution is 2.29. The first-order valence-corrected chi connectivity index (χ1v) is 7.74. The van der Waals surface area contributed by atoms with Gasteiger partial charge in [-0.2, -0.15) is 23.4 Å². The number of alkyl halides is 3. The highest BCUT2D eigenvalue weighted by atomic mass is 19.4. The van der Waals surface area contributed by atoms with Crippen molar-refractivity contribution in [2.24, 2.45) is 7.05 Å². The second kappa shape index (κ2) is 6.66. The molecule has 1 aromatic carbocycles. The number of halogens is 3. The molecule has 0 unspecified atom stereocenters. The van der Waals surface area contributed by atoms with Gasteiger partial charge >= 0.3 is 6.18 Å². The van der Waals surface area contributed by atoms with Crippen LogP contribution in [0.4, 0.5) is 19.0 Å². The van der Waals surface area contributed by atoms with Crippen LogP contribution in [0.5, 0.6) is 0 Å². The Kier molecular flexibility index (Phi) is 4.54. The van der Waals surface area contributed by atoms with E-state index in [1.54, 1.807) is 16.9 Å². The van der Waals surface area contributed by atoms with Crippen LogP contribution in [0.1, 0.15) is 27.3 Å². The standard InChI is InChI=1S/C17H16F3N5O/c1-11-5-3-4-6-12(11)10-25-8-7-15(23-25)21-16(26)13-9-14(17(18,19)20)24(2)22-13/h3-9H,10H2,1-2H3,(H,21,23,26). The summed E-state index contributed by atoms with van der Waals surface area (Å²) in [4.78, 5) is 12.1. The number of carbonyl (C=O) groups excluding carboxylic acids is 1. The van der Waals surface area contributed by atoms with E-state index < -0.39 is 17.8 Å². The molecule has 1 amide bonds. The number of rotatable bonds is 4. The summed E-state index contributed by atoms with van der Waals surface area (Å²) in [5.41, 5.74) is 0.871. The van der Waals surface area contributed by atoms with E-state index in [4.69, 9.17) is 0 Å². The van der Waals surface area contributed by atoms with E-state index in [2.05, 4.69) is 15.5 Å². The topological polar surface area (TPSA) is 64.7 Å². The third-order valence-corrected chi connectivity index (χ3v) is 3.88. The number of hydrogen-bond acceptors (Lipinski definition) is 3. The molecule has 0 aliphatic rings. The number of anilines is 1. The Bertz CT molecular complexity index is 942. The molecule has 9 heteroatoms. The minimum atomic E-state index is -4.57. The zero-order valence-corrected chi connectivity index (χ0v) is 14.1. The summed E-state index contributed by atoms with van der Waals surface area (Å²) < 4.78 is 40.6. The molecule has 136 valence electrons. The number of nitrogens with one attached hydrogen (secondary N) is 1. The van der Waals surface area contributed by atoms with E-state index in [1.165, 1.54) is 0 Å². The van der Waals surface area contributed by atoms with Crippen molar-refractivity contribution >= 4 is 11.7 Å². The van der Waals surface area contributed by atoms with Crippen molar-refractivity contribution in [1.82, 2.24) is 19.6 Å². The lowest BCUT2D eigenvalue weighted by atomic mass is 10.1. The van der Waals surface area contributed by atoms with Crippen LogP contribution in [0.3, 0.4) is 0 Å². The third-order valence-electron chi connectivity index (χ3n) is 3.88. The van der Waals surface area contributed by atoms with Gasteiger partial charge in [-0.05, 0) is 18.1 Å².